The smallest absolute Gasteiger partial charge is 0.331 e. The molecule has 1 fully saturated rings. The lowest BCUT2D eigenvalue weighted by Gasteiger charge is -2.38. The van der Waals surface area contributed by atoms with Crippen molar-refractivity contribution in [1.29, 1.82) is 5.26 Å². The number of amides is 1. The monoisotopic (exact) mass is 326 g/mol. The Morgan fingerprint density at radius 3 is 2.46 bits per heavy atom. The summed E-state index contributed by atoms with van der Waals surface area (Å²) < 4.78 is 5.05. The standard InChI is InChI=1S/C19H22N2O3/c1-14-4-3-5-15(2)21(14)18(22)13-24-19(23)11-10-16-6-8-17(12-20)9-7-16/h6-11,14-15H,3-5,13H2,1-2H3/b11-10+/t14-,15-/m0/s1. The van der Waals surface area contributed by atoms with Gasteiger partial charge in [0, 0.05) is 18.2 Å². The van der Waals surface area contributed by atoms with Crippen molar-refractivity contribution in [3.8, 4) is 6.07 Å². The van der Waals surface area contributed by atoms with Crippen molar-refractivity contribution < 1.29 is 14.3 Å². The van der Waals surface area contributed by atoms with Crippen molar-refractivity contribution >= 4 is 18.0 Å². The van der Waals surface area contributed by atoms with E-state index in [4.69, 9.17) is 10.00 Å². The number of carbonyl (C=O) groups is 2. The quantitative estimate of drug-likeness (QED) is 0.630. The highest BCUT2D eigenvalue weighted by Crippen LogP contribution is 2.22. The lowest BCUT2D eigenvalue weighted by molar-refractivity contribution is -0.151. The Hall–Kier alpha value is -2.61. The van der Waals surface area contributed by atoms with E-state index in [0.717, 1.165) is 24.8 Å². The number of esters is 1. The second-order valence-corrected chi connectivity index (χ2v) is 6.10. The number of nitrogens with zero attached hydrogens (tertiary/aromatic N) is 2. The van der Waals surface area contributed by atoms with Gasteiger partial charge >= 0.3 is 5.97 Å². The molecule has 1 aliphatic rings. The number of carbonyl (C=O) groups excluding carboxylic acids is 2. The maximum absolute atomic E-state index is 12.3. The minimum atomic E-state index is -0.551. The second kappa shape index (κ2) is 8.30. The number of hydrogen-bond donors (Lipinski definition) is 0. The van der Waals surface area contributed by atoms with Gasteiger partial charge in [-0.05, 0) is 56.9 Å². The van der Waals surface area contributed by atoms with Gasteiger partial charge in [0.1, 0.15) is 0 Å². The third kappa shape index (κ3) is 4.69. The number of likely N-dealkylation sites (tertiary alicyclic amines) is 1. The fraction of sp³-hybridized carbons (Fsp3) is 0.421. The highest BCUT2D eigenvalue weighted by molar-refractivity contribution is 5.89. The predicted octanol–water partition coefficient (Wildman–Crippen LogP) is 2.90. The van der Waals surface area contributed by atoms with Crippen molar-refractivity contribution in [1.82, 2.24) is 4.90 Å². The van der Waals surface area contributed by atoms with Gasteiger partial charge in [-0.2, -0.15) is 5.26 Å². The Morgan fingerprint density at radius 1 is 1.25 bits per heavy atom. The number of rotatable bonds is 4. The van der Waals surface area contributed by atoms with Crippen LogP contribution < -0.4 is 0 Å². The summed E-state index contributed by atoms with van der Waals surface area (Å²) in [6.07, 6.45) is 5.99. The molecule has 1 amide bonds. The molecule has 1 saturated heterocycles. The zero-order chi connectivity index (χ0) is 17.5. The third-order valence-electron chi connectivity index (χ3n) is 4.27. The maximum Gasteiger partial charge on any atom is 0.331 e. The molecular formula is C19H22N2O3. The highest BCUT2D eigenvalue weighted by Gasteiger charge is 2.29. The van der Waals surface area contributed by atoms with E-state index in [1.54, 1.807) is 30.3 Å². The van der Waals surface area contributed by atoms with Crippen LogP contribution in [0.15, 0.2) is 30.3 Å². The first-order chi connectivity index (χ1) is 11.5. The van der Waals surface area contributed by atoms with E-state index in [1.165, 1.54) is 6.08 Å². The molecular weight excluding hydrogens is 304 g/mol. The molecule has 126 valence electrons. The summed E-state index contributed by atoms with van der Waals surface area (Å²) in [6, 6.07) is 9.24. The van der Waals surface area contributed by atoms with Crippen LogP contribution in [-0.2, 0) is 14.3 Å². The van der Waals surface area contributed by atoms with Gasteiger partial charge in [0.2, 0.25) is 0 Å². The summed E-state index contributed by atoms with van der Waals surface area (Å²) in [5.41, 5.74) is 1.35. The third-order valence-corrected chi connectivity index (χ3v) is 4.27. The van der Waals surface area contributed by atoms with E-state index >= 15 is 0 Å². The molecule has 1 aromatic rings. The molecule has 0 bridgehead atoms. The zero-order valence-corrected chi connectivity index (χ0v) is 14.1. The fourth-order valence-corrected chi connectivity index (χ4v) is 3.00. The molecule has 0 N–H and O–H groups in total. The van der Waals surface area contributed by atoms with Gasteiger partial charge in [-0.25, -0.2) is 4.79 Å². The Morgan fingerprint density at radius 2 is 1.88 bits per heavy atom. The Balaban J connectivity index is 1.84. The molecule has 1 aliphatic heterocycles. The molecule has 5 heteroatoms. The van der Waals surface area contributed by atoms with Crippen molar-refractivity contribution in [3.05, 3.63) is 41.5 Å². The van der Waals surface area contributed by atoms with Gasteiger partial charge in [0.25, 0.3) is 5.91 Å². The summed E-state index contributed by atoms with van der Waals surface area (Å²) in [7, 11) is 0. The van der Waals surface area contributed by atoms with Gasteiger partial charge < -0.3 is 9.64 Å². The lowest BCUT2D eigenvalue weighted by Crippen LogP contribution is -2.49. The molecule has 2 atom stereocenters. The largest absolute Gasteiger partial charge is 0.452 e. The van der Waals surface area contributed by atoms with Gasteiger partial charge in [0.15, 0.2) is 6.61 Å². The lowest BCUT2D eigenvalue weighted by atomic mass is 9.97. The van der Waals surface area contributed by atoms with Crippen LogP contribution in [0, 0.1) is 11.3 Å². The van der Waals surface area contributed by atoms with E-state index in [9.17, 15) is 9.59 Å². The average molecular weight is 326 g/mol. The summed E-state index contributed by atoms with van der Waals surface area (Å²) in [5.74, 6) is -0.695. The van der Waals surface area contributed by atoms with E-state index in [1.807, 2.05) is 24.8 Å². The van der Waals surface area contributed by atoms with Gasteiger partial charge in [0.05, 0.1) is 11.6 Å². The first-order valence-corrected chi connectivity index (χ1v) is 8.17. The van der Waals surface area contributed by atoms with Crippen molar-refractivity contribution in [3.63, 3.8) is 0 Å². The fourth-order valence-electron chi connectivity index (χ4n) is 3.00. The second-order valence-electron chi connectivity index (χ2n) is 6.10. The van der Waals surface area contributed by atoms with Crippen LogP contribution in [0.3, 0.4) is 0 Å². The van der Waals surface area contributed by atoms with E-state index < -0.39 is 5.97 Å². The molecule has 0 aliphatic carbocycles. The van der Waals surface area contributed by atoms with Crippen LogP contribution in [-0.4, -0.2) is 35.5 Å². The summed E-state index contributed by atoms with van der Waals surface area (Å²) in [5, 5.41) is 8.74. The Kier molecular flexibility index (Phi) is 6.14. The molecule has 5 nitrogen and oxygen atoms in total. The Bertz CT molecular complexity index is 648. The van der Waals surface area contributed by atoms with Crippen LogP contribution >= 0.6 is 0 Å². The minimum Gasteiger partial charge on any atom is -0.452 e. The predicted molar refractivity (Wildman–Crippen MR) is 90.8 cm³/mol. The van der Waals surface area contributed by atoms with E-state index in [0.29, 0.717) is 5.56 Å². The number of ether oxygens (including phenoxy) is 1. The molecule has 0 saturated carbocycles. The summed E-state index contributed by atoms with van der Waals surface area (Å²) in [6.45, 7) is 3.82. The molecule has 24 heavy (non-hydrogen) atoms. The van der Waals surface area contributed by atoms with Crippen LogP contribution in [0.25, 0.3) is 6.08 Å². The van der Waals surface area contributed by atoms with Crippen LogP contribution in [0.4, 0.5) is 0 Å². The average Bonchev–Trinajstić information content (AvgIpc) is 2.58. The minimum absolute atomic E-state index is 0.144. The van der Waals surface area contributed by atoms with Crippen LogP contribution in [0.2, 0.25) is 0 Å². The normalized spacial score (nSPS) is 20.6. The molecule has 0 unspecified atom stereocenters. The SMILES string of the molecule is C[C@H]1CCC[C@H](C)N1C(=O)COC(=O)/C=C/c1ccc(C#N)cc1. The Labute approximate surface area is 142 Å². The molecule has 0 aromatic heterocycles. The number of nitriles is 1. The molecule has 2 rings (SSSR count). The number of piperidine rings is 1. The van der Waals surface area contributed by atoms with E-state index in [2.05, 4.69) is 0 Å². The van der Waals surface area contributed by atoms with Crippen molar-refractivity contribution in [2.45, 2.75) is 45.2 Å². The van der Waals surface area contributed by atoms with Gasteiger partial charge in [-0.1, -0.05) is 12.1 Å². The molecule has 1 aromatic carbocycles. The maximum atomic E-state index is 12.3. The number of hydrogen-bond acceptors (Lipinski definition) is 4. The first kappa shape index (κ1) is 17.7. The highest BCUT2D eigenvalue weighted by atomic mass is 16.5. The molecule has 1 heterocycles. The first-order valence-electron chi connectivity index (χ1n) is 8.17. The zero-order valence-electron chi connectivity index (χ0n) is 14.1. The molecule has 0 radical (unpaired) electrons. The molecule has 0 spiro atoms. The number of benzene rings is 1. The van der Waals surface area contributed by atoms with Crippen molar-refractivity contribution in [2.24, 2.45) is 0 Å². The van der Waals surface area contributed by atoms with Crippen LogP contribution in [0.5, 0.6) is 0 Å². The van der Waals surface area contributed by atoms with Gasteiger partial charge in [-0.3, -0.25) is 4.79 Å². The summed E-state index contributed by atoms with van der Waals surface area (Å²) >= 11 is 0. The van der Waals surface area contributed by atoms with Crippen molar-refractivity contribution in [2.75, 3.05) is 6.61 Å². The van der Waals surface area contributed by atoms with E-state index in [-0.39, 0.29) is 24.6 Å². The topological polar surface area (TPSA) is 70.4 Å². The summed E-state index contributed by atoms with van der Waals surface area (Å²) in [4.78, 5) is 25.8. The van der Waals surface area contributed by atoms with Gasteiger partial charge in [-0.15, -0.1) is 0 Å². The van der Waals surface area contributed by atoms with Crippen LogP contribution in [0.1, 0.15) is 44.2 Å².